The van der Waals surface area contributed by atoms with Crippen molar-refractivity contribution in [3.8, 4) is 0 Å². The van der Waals surface area contributed by atoms with Crippen LogP contribution in [0.3, 0.4) is 0 Å². The first-order chi connectivity index (χ1) is 18.0. The van der Waals surface area contributed by atoms with Crippen LogP contribution in [0.1, 0.15) is 66.8 Å². The zero-order chi connectivity index (χ0) is 25.6. The molecule has 1 unspecified atom stereocenters. The highest BCUT2D eigenvalue weighted by molar-refractivity contribution is 6.01. The van der Waals surface area contributed by atoms with Crippen molar-refractivity contribution in [2.45, 2.75) is 56.9 Å². The van der Waals surface area contributed by atoms with Gasteiger partial charge in [-0.15, -0.1) is 0 Å². The normalized spacial score (nSPS) is 25.0. The van der Waals surface area contributed by atoms with Crippen LogP contribution in [0.4, 0.5) is 5.69 Å². The summed E-state index contributed by atoms with van der Waals surface area (Å²) in [4.78, 5) is 45.0. The lowest BCUT2D eigenvalue weighted by molar-refractivity contribution is -0.134. The van der Waals surface area contributed by atoms with Crippen LogP contribution in [-0.2, 0) is 9.59 Å². The van der Waals surface area contributed by atoms with Crippen molar-refractivity contribution in [1.29, 1.82) is 0 Å². The fourth-order valence-corrected chi connectivity index (χ4v) is 5.89. The minimum atomic E-state index is -0.226. The van der Waals surface area contributed by atoms with E-state index in [1.54, 1.807) is 18.5 Å². The number of nitrogens with one attached hydrogen (secondary N) is 2. The van der Waals surface area contributed by atoms with Gasteiger partial charge in [0.05, 0.1) is 11.5 Å². The van der Waals surface area contributed by atoms with E-state index >= 15 is 0 Å². The van der Waals surface area contributed by atoms with Gasteiger partial charge in [-0.2, -0.15) is 0 Å². The van der Waals surface area contributed by atoms with E-state index in [4.69, 9.17) is 0 Å². The summed E-state index contributed by atoms with van der Waals surface area (Å²) in [5, 5.41) is 5.63. The summed E-state index contributed by atoms with van der Waals surface area (Å²) in [7, 11) is 0. The number of rotatable bonds is 7. The minimum absolute atomic E-state index is 0.0139. The molecule has 2 saturated heterocycles. The van der Waals surface area contributed by atoms with Gasteiger partial charge in [0.1, 0.15) is 0 Å². The number of pyridine rings is 1. The van der Waals surface area contributed by atoms with Crippen molar-refractivity contribution in [3.63, 3.8) is 0 Å². The first-order valence-corrected chi connectivity index (χ1v) is 13.7. The molecule has 37 heavy (non-hydrogen) atoms. The summed E-state index contributed by atoms with van der Waals surface area (Å²) < 4.78 is 0. The Morgan fingerprint density at radius 2 is 1.73 bits per heavy atom. The molecule has 3 amide bonds. The number of nitrogens with zero attached hydrogens (tertiary/aromatic N) is 3. The van der Waals surface area contributed by atoms with Crippen LogP contribution in [0, 0.1) is 5.92 Å². The van der Waals surface area contributed by atoms with E-state index in [2.05, 4.69) is 37.6 Å². The van der Waals surface area contributed by atoms with Crippen molar-refractivity contribution in [2.75, 3.05) is 37.6 Å². The molecule has 1 aromatic heterocycles. The second-order valence-corrected chi connectivity index (χ2v) is 10.6. The zero-order valence-electron chi connectivity index (χ0n) is 21.4. The van der Waals surface area contributed by atoms with Gasteiger partial charge in [-0.05, 0) is 80.8 Å². The summed E-state index contributed by atoms with van der Waals surface area (Å²) >= 11 is 0. The highest BCUT2D eigenvalue weighted by Gasteiger charge is 2.28. The standard InChI is InChI=1S/C29H37N5O3/c35-27-12-11-26(29(37)32-27)22-5-9-25(10-6-22)34-18-16-33(17-19-34)15-13-21-3-7-24(8-4-21)31-28(36)23-2-1-14-30-20-23/h1-2,5-6,9-10,14,20-21,24,26H,3-4,7-8,11-13,15-19H2,(H,31,36)(H,32,35,37). The predicted octanol–water partition coefficient (Wildman–Crippen LogP) is 3.10. The molecule has 3 aliphatic rings. The van der Waals surface area contributed by atoms with Gasteiger partial charge >= 0.3 is 0 Å². The number of piperidine rings is 1. The van der Waals surface area contributed by atoms with E-state index < -0.39 is 0 Å². The van der Waals surface area contributed by atoms with Crippen LogP contribution in [0.15, 0.2) is 48.8 Å². The lowest BCUT2D eigenvalue weighted by Crippen LogP contribution is -2.47. The van der Waals surface area contributed by atoms with Crippen molar-refractivity contribution in [1.82, 2.24) is 20.5 Å². The maximum atomic E-state index is 12.4. The molecule has 3 heterocycles. The number of imide groups is 1. The van der Waals surface area contributed by atoms with E-state index in [1.165, 1.54) is 24.9 Å². The second kappa shape index (κ2) is 11.9. The van der Waals surface area contributed by atoms with E-state index in [9.17, 15) is 14.4 Å². The van der Waals surface area contributed by atoms with Crippen molar-refractivity contribution < 1.29 is 14.4 Å². The smallest absolute Gasteiger partial charge is 0.253 e. The van der Waals surface area contributed by atoms with Crippen molar-refractivity contribution in [3.05, 3.63) is 59.9 Å². The topological polar surface area (TPSA) is 94.6 Å². The maximum Gasteiger partial charge on any atom is 0.253 e. The summed E-state index contributed by atoms with van der Waals surface area (Å²) in [5.41, 5.74) is 2.81. The summed E-state index contributed by atoms with van der Waals surface area (Å²) in [5.74, 6) is 0.148. The molecule has 8 nitrogen and oxygen atoms in total. The van der Waals surface area contributed by atoms with Gasteiger partial charge in [-0.25, -0.2) is 0 Å². The Morgan fingerprint density at radius 3 is 2.41 bits per heavy atom. The molecule has 0 bridgehead atoms. The first kappa shape index (κ1) is 25.4. The lowest BCUT2D eigenvalue weighted by Gasteiger charge is -2.37. The molecule has 1 aliphatic carbocycles. The number of carbonyl (C=O) groups excluding carboxylic acids is 3. The number of carbonyl (C=O) groups is 3. The fraction of sp³-hybridized carbons (Fsp3) is 0.517. The van der Waals surface area contributed by atoms with Gasteiger partial charge < -0.3 is 10.2 Å². The third-order valence-electron chi connectivity index (χ3n) is 8.23. The van der Waals surface area contributed by atoms with Crippen LogP contribution in [0.25, 0.3) is 0 Å². The molecule has 0 spiro atoms. The van der Waals surface area contributed by atoms with Gasteiger partial charge in [0.2, 0.25) is 11.8 Å². The lowest BCUT2D eigenvalue weighted by atomic mass is 9.84. The number of piperazine rings is 1. The van der Waals surface area contributed by atoms with Gasteiger partial charge in [0.15, 0.2) is 0 Å². The van der Waals surface area contributed by atoms with E-state index in [0.29, 0.717) is 18.4 Å². The van der Waals surface area contributed by atoms with E-state index in [1.807, 2.05) is 18.2 Å². The van der Waals surface area contributed by atoms with Crippen LogP contribution in [-0.4, -0.2) is 66.4 Å². The number of hydrogen-bond acceptors (Lipinski definition) is 6. The molecule has 1 atom stereocenters. The highest BCUT2D eigenvalue weighted by Crippen LogP contribution is 2.29. The van der Waals surface area contributed by atoms with E-state index in [0.717, 1.165) is 57.0 Å². The molecule has 2 aliphatic heterocycles. The summed E-state index contributed by atoms with van der Waals surface area (Å²) in [6, 6.07) is 12.2. The SMILES string of the molecule is O=C1CCC(c2ccc(N3CCN(CCC4CCC(NC(=O)c5cccnc5)CC4)CC3)cc2)C(=O)N1. The van der Waals surface area contributed by atoms with Gasteiger partial charge in [0, 0.05) is 56.7 Å². The molecule has 2 N–H and O–H groups in total. The van der Waals surface area contributed by atoms with Gasteiger partial charge in [-0.1, -0.05) is 12.1 Å². The number of aromatic nitrogens is 1. The van der Waals surface area contributed by atoms with Crippen molar-refractivity contribution >= 4 is 23.4 Å². The Morgan fingerprint density at radius 1 is 0.973 bits per heavy atom. The Balaban J connectivity index is 1.00. The minimum Gasteiger partial charge on any atom is -0.369 e. The molecule has 196 valence electrons. The second-order valence-electron chi connectivity index (χ2n) is 10.6. The Labute approximate surface area is 218 Å². The summed E-state index contributed by atoms with van der Waals surface area (Å²) in [6.07, 6.45) is 9.99. The number of anilines is 1. The van der Waals surface area contributed by atoms with E-state index in [-0.39, 0.29) is 29.7 Å². The molecule has 1 aromatic carbocycles. The largest absolute Gasteiger partial charge is 0.369 e. The number of hydrogen-bond donors (Lipinski definition) is 2. The zero-order valence-corrected chi connectivity index (χ0v) is 21.4. The molecule has 3 fully saturated rings. The average molecular weight is 504 g/mol. The molecular formula is C29H37N5O3. The quantitative estimate of drug-likeness (QED) is 0.564. The van der Waals surface area contributed by atoms with Crippen LogP contribution in [0.5, 0.6) is 0 Å². The third-order valence-corrected chi connectivity index (χ3v) is 8.23. The number of benzene rings is 1. The predicted molar refractivity (Wildman–Crippen MR) is 142 cm³/mol. The molecule has 2 aromatic rings. The Bertz CT molecular complexity index is 1070. The molecular weight excluding hydrogens is 466 g/mol. The molecule has 8 heteroatoms. The Kier molecular flexibility index (Phi) is 8.14. The molecule has 5 rings (SSSR count). The third kappa shape index (κ3) is 6.55. The van der Waals surface area contributed by atoms with Gasteiger partial charge in [-0.3, -0.25) is 29.6 Å². The maximum absolute atomic E-state index is 12.4. The highest BCUT2D eigenvalue weighted by atomic mass is 16.2. The number of amides is 3. The van der Waals surface area contributed by atoms with Crippen LogP contribution in [0.2, 0.25) is 0 Å². The molecule has 1 saturated carbocycles. The van der Waals surface area contributed by atoms with Crippen molar-refractivity contribution in [2.24, 2.45) is 5.92 Å². The summed E-state index contributed by atoms with van der Waals surface area (Å²) in [6.45, 7) is 5.27. The molecule has 0 radical (unpaired) electrons. The van der Waals surface area contributed by atoms with Gasteiger partial charge in [0.25, 0.3) is 5.91 Å². The average Bonchev–Trinajstić information content (AvgIpc) is 2.94. The Hall–Kier alpha value is -3.26. The van der Waals surface area contributed by atoms with Crippen LogP contribution >= 0.6 is 0 Å². The fourth-order valence-electron chi connectivity index (χ4n) is 5.89. The monoisotopic (exact) mass is 503 g/mol. The van der Waals surface area contributed by atoms with Crippen LogP contribution < -0.4 is 15.5 Å². The first-order valence-electron chi connectivity index (χ1n) is 13.7.